The minimum absolute atomic E-state index is 0.418. The molecule has 0 bridgehead atoms. The van der Waals surface area contributed by atoms with E-state index in [0.717, 1.165) is 24.6 Å². The molecule has 1 unspecified atom stereocenters. The van der Waals surface area contributed by atoms with Crippen LogP contribution in [0.25, 0.3) is 0 Å². The summed E-state index contributed by atoms with van der Waals surface area (Å²) in [6.45, 7) is 1.89. The Hall–Kier alpha value is -1.18. The van der Waals surface area contributed by atoms with Crippen molar-refractivity contribution < 1.29 is 9.90 Å². The van der Waals surface area contributed by atoms with E-state index in [1.807, 2.05) is 26.0 Å². The molecule has 3 N–H and O–H groups in total. The van der Waals surface area contributed by atoms with Gasteiger partial charge in [-0.25, -0.2) is 4.98 Å². The van der Waals surface area contributed by atoms with Crippen LogP contribution >= 0.6 is 11.3 Å². The molecule has 0 saturated carbocycles. The van der Waals surface area contributed by atoms with Gasteiger partial charge in [-0.1, -0.05) is 0 Å². The van der Waals surface area contributed by atoms with Crippen molar-refractivity contribution in [3.05, 3.63) is 11.1 Å². The topological polar surface area (TPSA) is 82.7 Å². The molecule has 1 aromatic rings. The Bertz CT molecular complexity index is 394. The Morgan fingerprint density at radius 1 is 1.50 bits per heavy atom. The van der Waals surface area contributed by atoms with Crippen molar-refractivity contribution in [1.29, 1.82) is 0 Å². The Labute approximate surface area is 111 Å². The zero-order valence-electron chi connectivity index (χ0n) is 11.0. The fourth-order valence-corrected chi connectivity index (χ4v) is 2.30. The van der Waals surface area contributed by atoms with Gasteiger partial charge in [0.15, 0.2) is 5.13 Å². The molecule has 0 fully saturated rings. The molecular formula is C11H20N4O2S. The Balaban J connectivity index is 2.54. The van der Waals surface area contributed by atoms with E-state index in [-0.39, 0.29) is 0 Å². The Morgan fingerprint density at radius 3 is 2.72 bits per heavy atom. The second-order valence-electron chi connectivity index (χ2n) is 4.45. The van der Waals surface area contributed by atoms with Crippen LogP contribution in [0.2, 0.25) is 0 Å². The van der Waals surface area contributed by atoms with Gasteiger partial charge in [0.25, 0.3) is 0 Å². The molecule has 18 heavy (non-hydrogen) atoms. The summed E-state index contributed by atoms with van der Waals surface area (Å²) in [7, 11) is 6.02. The molecule has 102 valence electrons. The Kier molecular flexibility index (Phi) is 5.52. The lowest BCUT2D eigenvalue weighted by Crippen LogP contribution is -2.24. The predicted octanol–water partition coefficient (Wildman–Crippen LogP) is 0.615. The van der Waals surface area contributed by atoms with Gasteiger partial charge in [-0.2, -0.15) is 0 Å². The molecule has 1 atom stereocenters. The van der Waals surface area contributed by atoms with Gasteiger partial charge in [0.2, 0.25) is 0 Å². The number of aliphatic carboxylic acids is 1. The van der Waals surface area contributed by atoms with Gasteiger partial charge in [-0.15, -0.1) is 11.3 Å². The number of aromatic nitrogens is 1. The van der Waals surface area contributed by atoms with Crippen LogP contribution in [0.5, 0.6) is 0 Å². The summed E-state index contributed by atoms with van der Waals surface area (Å²) in [4.78, 5) is 19.1. The Morgan fingerprint density at radius 2 is 2.17 bits per heavy atom. The third-order valence-electron chi connectivity index (χ3n) is 2.52. The summed E-state index contributed by atoms with van der Waals surface area (Å²) in [5.74, 6) is -1.05. The molecule has 0 aliphatic heterocycles. The molecule has 1 heterocycles. The zero-order valence-corrected chi connectivity index (χ0v) is 11.8. The van der Waals surface area contributed by atoms with Crippen molar-refractivity contribution in [3.63, 3.8) is 0 Å². The fourth-order valence-electron chi connectivity index (χ4n) is 1.44. The standard InChI is InChI=1S/C11H20N4O2S/c1-14(2)5-4-6-15(3)11-13-8(7-18-11)9(12)10(16)17/h7,9H,4-6,12H2,1-3H3,(H,16,17). The minimum Gasteiger partial charge on any atom is -0.480 e. The monoisotopic (exact) mass is 272 g/mol. The summed E-state index contributed by atoms with van der Waals surface area (Å²) in [5.41, 5.74) is 5.93. The van der Waals surface area contributed by atoms with Gasteiger partial charge in [0, 0.05) is 19.0 Å². The molecule has 1 rings (SSSR count). The SMILES string of the molecule is CN(C)CCCN(C)c1nc(C(N)C(=O)O)cs1. The number of rotatable bonds is 7. The highest BCUT2D eigenvalue weighted by atomic mass is 32.1. The third kappa shape index (κ3) is 4.25. The number of nitrogens with two attached hydrogens (primary N) is 1. The number of thiazole rings is 1. The molecule has 0 aliphatic carbocycles. The van der Waals surface area contributed by atoms with Crippen molar-refractivity contribution in [3.8, 4) is 0 Å². The van der Waals surface area contributed by atoms with Gasteiger partial charge in [0.05, 0.1) is 5.69 Å². The lowest BCUT2D eigenvalue weighted by Gasteiger charge is -2.17. The molecule has 0 saturated heterocycles. The smallest absolute Gasteiger partial charge is 0.326 e. The van der Waals surface area contributed by atoms with Gasteiger partial charge < -0.3 is 20.6 Å². The lowest BCUT2D eigenvalue weighted by molar-refractivity contribution is -0.138. The number of nitrogens with zero attached hydrogens (tertiary/aromatic N) is 3. The second kappa shape index (κ2) is 6.67. The maximum absolute atomic E-state index is 10.7. The van der Waals surface area contributed by atoms with E-state index in [4.69, 9.17) is 10.8 Å². The van der Waals surface area contributed by atoms with E-state index in [1.165, 1.54) is 11.3 Å². The maximum atomic E-state index is 10.7. The van der Waals surface area contributed by atoms with Crippen molar-refractivity contribution in [1.82, 2.24) is 9.88 Å². The first-order valence-electron chi connectivity index (χ1n) is 5.71. The average Bonchev–Trinajstić information content (AvgIpc) is 2.76. The number of carbonyl (C=O) groups is 1. The van der Waals surface area contributed by atoms with Crippen molar-refractivity contribution in [2.24, 2.45) is 5.73 Å². The average molecular weight is 272 g/mol. The number of anilines is 1. The highest BCUT2D eigenvalue weighted by Crippen LogP contribution is 2.22. The largest absolute Gasteiger partial charge is 0.480 e. The molecule has 1 aromatic heterocycles. The summed E-state index contributed by atoms with van der Waals surface area (Å²) >= 11 is 1.42. The van der Waals surface area contributed by atoms with Crippen LogP contribution in [0.4, 0.5) is 5.13 Å². The van der Waals surface area contributed by atoms with Crippen LogP contribution in [0.1, 0.15) is 18.2 Å². The maximum Gasteiger partial charge on any atom is 0.326 e. The molecule has 0 spiro atoms. The van der Waals surface area contributed by atoms with Crippen LogP contribution in [-0.2, 0) is 4.79 Å². The summed E-state index contributed by atoms with van der Waals surface area (Å²) in [6, 6.07) is -1.04. The number of carboxylic acid groups (broad SMARTS) is 1. The van der Waals surface area contributed by atoms with Gasteiger partial charge in [-0.05, 0) is 27.1 Å². The summed E-state index contributed by atoms with van der Waals surface area (Å²) < 4.78 is 0. The number of hydrogen-bond donors (Lipinski definition) is 2. The normalized spacial score (nSPS) is 12.7. The van der Waals surface area contributed by atoms with E-state index in [1.54, 1.807) is 5.38 Å². The van der Waals surface area contributed by atoms with E-state index in [2.05, 4.69) is 9.88 Å². The lowest BCUT2D eigenvalue weighted by atomic mass is 10.2. The fraction of sp³-hybridized carbons (Fsp3) is 0.636. The van der Waals surface area contributed by atoms with Crippen LogP contribution in [-0.4, -0.2) is 55.2 Å². The first-order chi connectivity index (χ1) is 8.41. The van der Waals surface area contributed by atoms with Crippen LogP contribution < -0.4 is 10.6 Å². The van der Waals surface area contributed by atoms with Gasteiger partial charge in [-0.3, -0.25) is 4.79 Å². The third-order valence-corrected chi connectivity index (χ3v) is 3.49. The highest BCUT2D eigenvalue weighted by molar-refractivity contribution is 7.13. The zero-order chi connectivity index (χ0) is 13.7. The molecule has 7 heteroatoms. The highest BCUT2D eigenvalue weighted by Gasteiger charge is 2.18. The van der Waals surface area contributed by atoms with E-state index < -0.39 is 12.0 Å². The van der Waals surface area contributed by atoms with Crippen LogP contribution in [0.3, 0.4) is 0 Å². The van der Waals surface area contributed by atoms with Crippen LogP contribution in [0.15, 0.2) is 5.38 Å². The van der Waals surface area contributed by atoms with E-state index in [9.17, 15) is 4.79 Å². The van der Waals surface area contributed by atoms with Crippen LogP contribution in [0, 0.1) is 0 Å². The quantitative estimate of drug-likeness (QED) is 0.757. The molecule has 6 nitrogen and oxygen atoms in total. The van der Waals surface area contributed by atoms with Crippen molar-refractivity contribution in [2.75, 3.05) is 39.1 Å². The molecule has 0 radical (unpaired) electrons. The summed E-state index contributed by atoms with van der Waals surface area (Å²) in [6.07, 6.45) is 1.03. The number of hydrogen-bond acceptors (Lipinski definition) is 6. The predicted molar refractivity (Wildman–Crippen MR) is 73.1 cm³/mol. The summed E-state index contributed by atoms with van der Waals surface area (Å²) in [5, 5.41) is 11.3. The molecule has 0 aliphatic rings. The van der Waals surface area contributed by atoms with Gasteiger partial charge >= 0.3 is 5.97 Å². The second-order valence-corrected chi connectivity index (χ2v) is 5.29. The van der Waals surface area contributed by atoms with E-state index >= 15 is 0 Å². The first-order valence-corrected chi connectivity index (χ1v) is 6.59. The minimum atomic E-state index is -1.05. The molecule has 0 amide bonds. The van der Waals surface area contributed by atoms with Crippen molar-refractivity contribution >= 4 is 22.4 Å². The number of carboxylic acids is 1. The molecular weight excluding hydrogens is 252 g/mol. The van der Waals surface area contributed by atoms with Gasteiger partial charge in [0.1, 0.15) is 6.04 Å². The van der Waals surface area contributed by atoms with Crippen molar-refractivity contribution in [2.45, 2.75) is 12.5 Å². The molecule has 0 aromatic carbocycles. The van der Waals surface area contributed by atoms with E-state index in [0.29, 0.717) is 5.69 Å². The first kappa shape index (κ1) is 14.9.